The van der Waals surface area contributed by atoms with E-state index in [9.17, 15) is 14.7 Å². The van der Waals surface area contributed by atoms with Gasteiger partial charge in [-0.05, 0) is 43.2 Å². The number of anilines is 3. The third kappa shape index (κ3) is 4.56. The fraction of sp³-hybridized carbons (Fsp3) is 0.357. The van der Waals surface area contributed by atoms with Crippen molar-refractivity contribution in [1.29, 1.82) is 0 Å². The highest BCUT2D eigenvalue weighted by Crippen LogP contribution is 2.49. The van der Waals surface area contributed by atoms with Crippen molar-refractivity contribution in [2.75, 3.05) is 23.0 Å². The predicted molar refractivity (Wildman–Crippen MR) is 139 cm³/mol. The quantitative estimate of drug-likeness (QED) is 0.436. The van der Waals surface area contributed by atoms with Gasteiger partial charge in [0, 0.05) is 61.6 Å². The van der Waals surface area contributed by atoms with Crippen LogP contribution in [0, 0.1) is 5.92 Å². The summed E-state index contributed by atoms with van der Waals surface area (Å²) >= 11 is 0. The van der Waals surface area contributed by atoms with Gasteiger partial charge in [0.15, 0.2) is 5.60 Å². The minimum atomic E-state index is -1.79. The van der Waals surface area contributed by atoms with E-state index in [1.54, 1.807) is 26.7 Å². The molecule has 0 aliphatic carbocycles. The Labute approximate surface area is 215 Å². The Morgan fingerprint density at radius 3 is 2.68 bits per heavy atom. The van der Waals surface area contributed by atoms with E-state index in [2.05, 4.69) is 10.3 Å². The van der Waals surface area contributed by atoms with Gasteiger partial charge in [-0.1, -0.05) is 42.5 Å². The number of para-hydroxylation sites is 1. The molecule has 3 aromatic rings. The minimum Gasteiger partial charge on any atom is -0.396 e. The number of aromatic nitrogens is 3. The van der Waals surface area contributed by atoms with E-state index >= 15 is 0 Å². The lowest BCUT2D eigenvalue weighted by Gasteiger charge is -2.28. The van der Waals surface area contributed by atoms with Crippen LogP contribution < -0.4 is 9.80 Å². The first-order chi connectivity index (χ1) is 17.9. The van der Waals surface area contributed by atoms with Gasteiger partial charge in [-0.2, -0.15) is 0 Å². The standard InChI is InChI=1S/C28H31N5O4/c1-20(8-5-6-15-31-19-21(14-17-34)29-30-31)28(37)24-18-23(32-16-7-11-26(32)35)12-13-25(24)33(27(28)36)22-9-3-2-4-10-22/h2-5,8-10,12-13,18-20,34,37H,6-7,11,14-17H2,1H3/b8-5+/t20-,28+/m0/s1. The first-order valence-electron chi connectivity index (χ1n) is 12.7. The molecule has 9 heteroatoms. The molecule has 2 atom stereocenters. The lowest BCUT2D eigenvalue weighted by Crippen LogP contribution is -2.42. The summed E-state index contributed by atoms with van der Waals surface area (Å²) in [6.07, 6.45) is 7.98. The molecule has 0 spiro atoms. The van der Waals surface area contributed by atoms with E-state index in [1.807, 2.05) is 61.5 Å². The van der Waals surface area contributed by atoms with Crippen molar-refractivity contribution in [2.24, 2.45) is 5.92 Å². The number of aliphatic hydroxyl groups is 2. The average molecular weight is 502 g/mol. The molecule has 2 aromatic carbocycles. The zero-order chi connectivity index (χ0) is 26.0. The third-order valence-corrected chi connectivity index (χ3v) is 7.12. The summed E-state index contributed by atoms with van der Waals surface area (Å²) in [6.45, 7) is 3.07. The molecule has 1 saturated heterocycles. The van der Waals surface area contributed by atoms with Gasteiger partial charge in [0.2, 0.25) is 5.91 Å². The molecule has 1 aromatic heterocycles. The molecule has 2 aliphatic heterocycles. The minimum absolute atomic E-state index is 0.0256. The van der Waals surface area contributed by atoms with Crippen molar-refractivity contribution in [3.8, 4) is 0 Å². The van der Waals surface area contributed by atoms with Crippen molar-refractivity contribution in [3.63, 3.8) is 0 Å². The van der Waals surface area contributed by atoms with Crippen LogP contribution in [0.3, 0.4) is 0 Å². The predicted octanol–water partition coefficient (Wildman–Crippen LogP) is 3.09. The fourth-order valence-electron chi connectivity index (χ4n) is 5.11. The molecular weight excluding hydrogens is 470 g/mol. The summed E-state index contributed by atoms with van der Waals surface area (Å²) < 4.78 is 1.71. The molecular formula is C28H31N5O4. The molecule has 3 heterocycles. The van der Waals surface area contributed by atoms with E-state index in [1.165, 1.54) is 0 Å². The van der Waals surface area contributed by atoms with Crippen LogP contribution in [-0.2, 0) is 28.2 Å². The Morgan fingerprint density at radius 2 is 1.95 bits per heavy atom. The number of rotatable bonds is 9. The number of carbonyl (C=O) groups excluding carboxylic acids is 2. The van der Waals surface area contributed by atoms with Gasteiger partial charge >= 0.3 is 0 Å². The molecule has 2 amide bonds. The maximum atomic E-state index is 13.9. The number of hydrogen-bond donors (Lipinski definition) is 2. The van der Waals surface area contributed by atoms with Crippen molar-refractivity contribution in [2.45, 2.75) is 44.8 Å². The molecule has 0 radical (unpaired) electrons. The Kier molecular flexibility index (Phi) is 6.90. The van der Waals surface area contributed by atoms with Gasteiger partial charge in [0.1, 0.15) is 0 Å². The SMILES string of the molecule is C[C@@H](/C=C/CCn1cc(CCO)nn1)[C@]1(O)C(=O)N(c2ccccc2)c2ccc(N3CCCC3=O)cc21. The van der Waals surface area contributed by atoms with Crippen LogP contribution in [0.15, 0.2) is 66.9 Å². The van der Waals surface area contributed by atoms with Crippen LogP contribution in [-0.4, -0.2) is 50.2 Å². The Hall–Kier alpha value is -3.82. The Bertz CT molecular complexity index is 1320. The van der Waals surface area contributed by atoms with Crippen LogP contribution in [0.25, 0.3) is 0 Å². The van der Waals surface area contributed by atoms with Gasteiger partial charge in [0.05, 0.1) is 11.4 Å². The molecule has 9 nitrogen and oxygen atoms in total. The number of carbonyl (C=O) groups is 2. The molecule has 1 fully saturated rings. The first-order valence-corrected chi connectivity index (χ1v) is 12.7. The average Bonchev–Trinajstić information content (AvgIpc) is 3.60. The summed E-state index contributed by atoms with van der Waals surface area (Å²) in [6, 6.07) is 14.7. The highest BCUT2D eigenvalue weighted by atomic mass is 16.3. The molecule has 37 heavy (non-hydrogen) atoms. The summed E-state index contributed by atoms with van der Waals surface area (Å²) in [7, 11) is 0. The maximum absolute atomic E-state index is 13.9. The number of amides is 2. The smallest absolute Gasteiger partial charge is 0.268 e. The van der Waals surface area contributed by atoms with Gasteiger partial charge < -0.3 is 15.1 Å². The van der Waals surface area contributed by atoms with Gasteiger partial charge in [-0.15, -0.1) is 5.10 Å². The summed E-state index contributed by atoms with van der Waals surface area (Å²) in [5.41, 5.74) is 1.44. The van der Waals surface area contributed by atoms with E-state index in [0.717, 1.165) is 12.1 Å². The highest BCUT2D eigenvalue weighted by Gasteiger charge is 2.53. The van der Waals surface area contributed by atoms with Crippen LogP contribution >= 0.6 is 0 Å². The fourth-order valence-corrected chi connectivity index (χ4v) is 5.11. The van der Waals surface area contributed by atoms with E-state index in [0.29, 0.717) is 55.0 Å². The number of nitrogens with zero attached hydrogens (tertiary/aromatic N) is 5. The third-order valence-electron chi connectivity index (χ3n) is 7.12. The lowest BCUT2D eigenvalue weighted by molar-refractivity contribution is -0.138. The molecule has 2 aliphatic rings. The van der Waals surface area contributed by atoms with Crippen molar-refractivity contribution in [1.82, 2.24) is 15.0 Å². The molecule has 0 unspecified atom stereocenters. The van der Waals surface area contributed by atoms with Crippen molar-refractivity contribution < 1.29 is 19.8 Å². The zero-order valence-corrected chi connectivity index (χ0v) is 20.8. The molecule has 0 bridgehead atoms. The topological polar surface area (TPSA) is 112 Å². The second-order valence-electron chi connectivity index (χ2n) is 9.54. The molecule has 5 rings (SSSR count). The lowest BCUT2D eigenvalue weighted by atomic mass is 9.82. The number of allylic oxidation sites excluding steroid dienone is 1. The maximum Gasteiger partial charge on any atom is 0.268 e. The Balaban J connectivity index is 1.43. The van der Waals surface area contributed by atoms with E-state index in [4.69, 9.17) is 5.11 Å². The number of hydrogen-bond acceptors (Lipinski definition) is 6. The van der Waals surface area contributed by atoms with Crippen LogP contribution in [0.1, 0.15) is 37.4 Å². The second kappa shape index (κ2) is 10.3. The normalized spacial score (nSPS) is 20.3. The number of benzene rings is 2. The van der Waals surface area contributed by atoms with Crippen molar-refractivity contribution in [3.05, 3.63) is 78.1 Å². The van der Waals surface area contributed by atoms with Crippen LogP contribution in [0.5, 0.6) is 0 Å². The van der Waals surface area contributed by atoms with E-state index < -0.39 is 17.4 Å². The summed E-state index contributed by atoms with van der Waals surface area (Å²) in [5.74, 6) is -0.894. The summed E-state index contributed by atoms with van der Waals surface area (Å²) in [4.78, 5) is 29.5. The summed E-state index contributed by atoms with van der Waals surface area (Å²) in [5, 5.41) is 29.2. The van der Waals surface area contributed by atoms with Crippen LogP contribution in [0.4, 0.5) is 17.1 Å². The largest absolute Gasteiger partial charge is 0.396 e. The van der Waals surface area contributed by atoms with Gasteiger partial charge in [-0.25, -0.2) is 0 Å². The number of aryl methyl sites for hydroxylation is 1. The first kappa shape index (κ1) is 24.9. The van der Waals surface area contributed by atoms with Gasteiger partial charge in [-0.3, -0.25) is 19.2 Å². The molecule has 192 valence electrons. The number of aliphatic hydroxyl groups excluding tert-OH is 1. The van der Waals surface area contributed by atoms with E-state index in [-0.39, 0.29) is 12.5 Å². The highest BCUT2D eigenvalue weighted by molar-refractivity contribution is 6.12. The zero-order valence-electron chi connectivity index (χ0n) is 20.8. The van der Waals surface area contributed by atoms with Crippen molar-refractivity contribution >= 4 is 28.9 Å². The Morgan fingerprint density at radius 1 is 1.14 bits per heavy atom. The second-order valence-corrected chi connectivity index (χ2v) is 9.54. The number of fused-ring (bicyclic) bond motifs is 1. The van der Waals surface area contributed by atoms with Gasteiger partial charge in [0.25, 0.3) is 5.91 Å². The molecule has 0 saturated carbocycles. The van der Waals surface area contributed by atoms with Crippen LogP contribution in [0.2, 0.25) is 0 Å². The molecule has 2 N–H and O–H groups in total. The monoisotopic (exact) mass is 501 g/mol.